The van der Waals surface area contributed by atoms with Crippen molar-refractivity contribution in [3.05, 3.63) is 28.2 Å². The van der Waals surface area contributed by atoms with Crippen LogP contribution in [0.5, 0.6) is 0 Å². The zero-order valence-electron chi connectivity index (χ0n) is 9.41. The Hall–Kier alpha value is -1.06. The fourth-order valence-electron chi connectivity index (χ4n) is 1.73. The molecule has 0 bridgehead atoms. The highest BCUT2D eigenvalue weighted by Gasteiger charge is 2.24. The van der Waals surface area contributed by atoms with Gasteiger partial charge in [0.15, 0.2) is 0 Å². The first-order chi connectivity index (χ1) is 8.11. The zero-order chi connectivity index (χ0) is 12.4. The summed E-state index contributed by atoms with van der Waals surface area (Å²) in [4.78, 5) is 11.8. The SMILES string of the molecule is CCCC1=NN(c2ccc(Cl)c(Cl)c2)C(=O)C1. The minimum absolute atomic E-state index is 0.0214. The molecule has 0 aromatic heterocycles. The molecule has 0 fully saturated rings. The Kier molecular flexibility index (Phi) is 3.69. The Morgan fingerprint density at radius 2 is 2.12 bits per heavy atom. The molecule has 0 atom stereocenters. The summed E-state index contributed by atoms with van der Waals surface area (Å²) in [6.45, 7) is 2.06. The number of hydrogen-bond donors (Lipinski definition) is 0. The average Bonchev–Trinajstić information content (AvgIpc) is 2.64. The molecule has 0 N–H and O–H groups in total. The maximum absolute atomic E-state index is 11.8. The molecule has 0 aliphatic carbocycles. The molecule has 2 rings (SSSR count). The molecule has 5 heteroatoms. The Balaban J connectivity index is 2.27. The molecule has 0 spiro atoms. The van der Waals surface area contributed by atoms with E-state index in [9.17, 15) is 4.79 Å². The molecule has 0 saturated carbocycles. The van der Waals surface area contributed by atoms with E-state index in [1.165, 1.54) is 5.01 Å². The number of amides is 1. The van der Waals surface area contributed by atoms with Crippen LogP contribution in [0.15, 0.2) is 23.3 Å². The highest BCUT2D eigenvalue weighted by Crippen LogP contribution is 2.29. The van der Waals surface area contributed by atoms with Crippen LogP contribution in [0, 0.1) is 0 Å². The van der Waals surface area contributed by atoms with Crippen LogP contribution in [-0.4, -0.2) is 11.6 Å². The van der Waals surface area contributed by atoms with Crippen LogP contribution in [0.1, 0.15) is 26.2 Å². The van der Waals surface area contributed by atoms with Crippen LogP contribution < -0.4 is 5.01 Å². The predicted molar refractivity (Wildman–Crippen MR) is 70.9 cm³/mol. The van der Waals surface area contributed by atoms with Gasteiger partial charge in [0.05, 0.1) is 22.2 Å². The van der Waals surface area contributed by atoms with Gasteiger partial charge in [-0.05, 0) is 24.6 Å². The zero-order valence-corrected chi connectivity index (χ0v) is 10.9. The van der Waals surface area contributed by atoms with Crippen LogP contribution in [-0.2, 0) is 4.79 Å². The van der Waals surface area contributed by atoms with E-state index in [4.69, 9.17) is 23.2 Å². The second-order valence-corrected chi connectivity index (χ2v) is 4.71. The Bertz CT molecular complexity index is 485. The number of nitrogens with zero attached hydrogens (tertiary/aromatic N) is 2. The van der Waals surface area contributed by atoms with Crippen molar-refractivity contribution in [3.8, 4) is 0 Å². The molecule has 3 nitrogen and oxygen atoms in total. The molecule has 1 amide bonds. The lowest BCUT2D eigenvalue weighted by atomic mass is 10.2. The monoisotopic (exact) mass is 270 g/mol. The summed E-state index contributed by atoms with van der Waals surface area (Å²) in [5, 5.41) is 6.59. The van der Waals surface area contributed by atoms with Crippen LogP contribution in [0.25, 0.3) is 0 Å². The number of hydrogen-bond acceptors (Lipinski definition) is 2. The van der Waals surface area contributed by atoms with Gasteiger partial charge >= 0.3 is 0 Å². The Labute approximate surface area is 110 Å². The summed E-state index contributed by atoms with van der Waals surface area (Å²) in [5.41, 5.74) is 1.58. The molecule has 0 unspecified atom stereocenters. The van der Waals surface area contributed by atoms with Gasteiger partial charge in [-0.2, -0.15) is 5.10 Å². The van der Waals surface area contributed by atoms with Gasteiger partial charge in [0.1, 0.15) is 0 Å². The summed E-state index contributed by atoms with van der Waals surface area (Å²) in [6.07, 6.45) is 2.24. The number of rotatable bonds is 3. The van der Waals surface area contributed by atoms with Crippen LogP contribution in [0.2, 0.25) is 10.0 Å². The standard InChI is InChI=1S/C12H12Cl2N2O/c1-2-3-8-6-12(17)16(15-8)9-4-5-10(13)11(14)7-9/h4-5,7H,2-3,6H2,1H3. The van der Waals surface area contributed by atoms with E-state index in [1.807, 2.05) is 0 Å². The van der Waals surface area contributed by atoms with Gasteiger partial charge in [0.25, 0.3) is 5.91 Å². The van der Waals surface area contributed by atoms with Crippen molar-refractivity contribution in [3.63, 3.8) is 0 Å². The third-order valence-electron chi connectivity index (χ3n) is 2.52. The highest BCUT2D eigenvalue weighted by molar-refractivity contribution is 6.42. The lowest BCUT2D eigenvalue weighted by Gasteiger charge is -2.12. The van der Waals surface area contributed by atoms with Gasteiger partial charge in [-0.25, -0.2) is 5.01 Å². The van der Waals surface area contributed by atoms with Crippen molar-refractivity contribution in [2.24, 2.45) is 5.10 Å². The molecule has 17 heavy (non-hydrogen) atoms. The van der Waals surface area contributed by atoms with Gasteiger partial charge in [0, 0.05) is 5.71 Å². The summed E-state index contributed by atoms with van der Waals surface area (Å²) in [5.74, 6) is -0.0214. The third-order valence-corrected chi connectivity index (χ3v) is 3.26. The number of carbonyl (C=O) groups is 1. The number of carbonyl (C=O) groups excluding carboxylic acids is 1. The molecule has 1 aromatic carbocycles. The number of hydrazone groups is 1. The number of anilines is 1. The fourth-order valence-corrected chi connectivity index (χ4v) is 2.02. The van der Waals surface area contributed by atoms with Crippen LogP contribution in [0.4, 0.5) is 5.69 Å². The molecule has 0 saturated heterocycles. The first-order valence-electron chi connectivity index (χ1n) is 5.46. The molecule has 0 radical (unpaired) electrons. The van der Waals surface area contributed by atoms with Crippen LogP contribution >= 0.6 is 23.2 Å². The first kappa shape index (κ1) is 12.4. The normalized spacial score (nSPS) is 15.4. The van der Waals surface area contributed by atoms with E-state index >= 15 is 0 Å². The lowest BCUT2D eigenvalue weighted by molar-refractivity contribution is -0.116. The maximum atomic E-state index is 11.8. The van der Waals surface area contributed by atoms with E-state index in [-0.39, 0.29) is 5.91 Å². The van der Waals surface area contributed by atoms with Gasteiger partial charge in [-0.3, -0.25) is 4.79 Å². The number of halogens is 2. The first-order valence-corrected chi connectivity index (χ1v) is 6.21. The molecule has 1 aromatic rings. The summed E-state index contributed by atoms with van der Waals surface area (Å²) in [6, 6.07) is 5.06. The van der Waals surface area contributed by atoms with Crippen molar-refractivity contribution in [1.29, 1.82) is 0 Å². The minimum Gasteiger partial charge on any atom is -0.272 e. The predicted octanol–water partition coefficient (Wildman–Crippen LogP) is 3.89. The van der Waals surface area contributed by atoms with Crippen LogP contribution in [0.3, 0.4) is 0 Å². The summed E-state index contributed by atoms with van der Waals surface area (Å²) >= 11 is 11.8. The van der Waals surface area contributed by atoms with E-state index in [0.29, 0.717) is 22.2 Å². The van der Waals surface area contributed by atoms with E-state index in [1.54, 1.807) is 18.2 Å². The van der Waals surface area contributed by atoms with Crippen molar-refractivity contribution < 1.29 is 4.79 Å². The molecule has 1 heterocycles. The largest absolute Gasteiger partial charge is 0.272 e. The van der Waals surface area contributed by atoms with Crippen molar-refractivity contribution in [2.75, 3.05) is 5.01 Å². The average molecular weight is 271 g/mol. The highest BCUT2D eigenvalue weighted by atomic mass is 35.5. The van der Waals surface area contributed by atoms with E-state index < -0.39 is 0 Å². The maximum Gasteiger partial charge on any atom is 0.253 e. The fraction of sp³-hybridized carbons (Fsp3) is 0.333. The smallest absolute Gasteiger partial charge is 0.253 e. The summed E-state index contributed by atoms with van der Waals surface area (Å²) < 4.78 is 0. The van der Waals surface area contributed by atoms with Crippen molar-refractivity contribution in [2.45, 2.75) is 26.2 Å². The van der Waals surface area contributed by atoms with Crippen molar-refractivity contribution >= 4 is 40.5 Å². The van der Waals surface area contributed by atoms with E-state index in [0.717, 1.165) is 18.6 Å². The van der Waals surface area contributed by atoms with Crippen molar-refractivity contribution in [1.82, 2.24) is 0 Å². The van der Waals surface area contributed by atoms with E-state index in [2.05, 4.69) is 12.0 Å². The molecular weight excluding hydrogens is 259 g/mol. The number of benzene rings is 1. The quantitative estimate of drug-likeness (QED) is 0.820. The van der Waals surface area contributed by atoms with Gasteiger partial charge in [0.2, 0.25) is 0 Å². The minimum atomic E-state index is -0.0214. The molecule has 90 valence electrons. The van der Waals surface area contributed by atoms with Gasteiger partial charge in [-0.15, -0.1) is 0 Å². The molecular formula is C12H12Cl2N2O. The second kappa shape index (κ2) is 5.07. The molecule has 1 aliphatic heterocycles. The molecule has 1 aliphatic rings. The lowest BCUT2D eigenvalue weighted by Crippen LogP contribution is -2.19. The van der Waals surface area contributed by atoms with Gasteiger partial charge in [-0.1, -0.05) is 36.5 Å². The topological polar surface area (TPSA) is 32.7 Å². The summed E-state index contributed by atoms with van der Waals surface area (Å²) in [7, 11) is 0. The Morgan fingerprint density at radius 3 is 2.76 bits per heavy atom. The third kappa shape index (κ3) is 2.61. The van der Waals surface area contributed by atoms with Gasteiger partial charge < -0.3 is 0 Å². The Morgan fingerprint density at radius 1 is 1.35 bits per heavy atom. The second-order valence-electron chi connectivity index (χ2n) is 3.90.